The summed E-state index contributed by atoms with van der Waals surface area (Å²) in [7, 11) is -4.10. The van der Waals surface area contributed by atoms with Gasteiger partial charge in [0, 0.05) is 23.2 Å². The average Bonchev–Trinajstić information content (AvgIpc) is 3.30. The number of halogens is 2. The topological polar surface area (TPSA) is 114 Å². The zero-order valence-corrected chi connectivity index (χ0v) is 21.8. The molecule has 0 radical (unpaired) electrons. The average molecular weight is 553 g/mol. The summed E-state index contributed by atoms with van der Waals surface area (Å²) in [6.45, 7) is 1.84. The fraction of sp³-hybridized carbons (Fsp3) is 0.321. The molecule has 8 nitrogen and oxygen atoms in total. The van der Waals surface area contributed by atoms with Crippen molar-refractivity contribution >= 4 is 32.8 Å². The lowest BCUT2D eigenvalue weighted by Gasteiger charge is -2.47. The van der Waals surface area contributed by atoms with Crippen molar-refractivity contribution in [3.8, 4) is 11.3 Å². The molecule has 11 heteroatoms. The molecule has 0 spiro atoms. The molecule has 39 heavy (non-hydrogen) atoms. The Hall–Kier alpha value is -3.86. The van der Waals surface area contributed by atoms with Crippen LogP contribution in [-0.2, 0) is 14.8 Å². The molecule has 2 N–H and O–H groups in total. The third-order valence-corrected chi connectivity index (χ3v) is 9.75. The minimum atomic E-state index is -4.10. The van der Waals surface area contributed by atoms with Crippen LogP contribution in [0.4, 0.5) is 14.6 Å². The van der Waals surface area contributed by atoms with Gasteiger partial charge in [-0.05, 0) is 74.8 Å². The second-order valence-corrected chi connectivity index (χ2v) is 12.2. The first-order valence-electron chi connectivity index (χ1n) is 12.8. The van der Waals surface area contributed by atoms with Crippen LogP contribution in [0.5, 0.6) is 0 Å². The number of carboxylic acids is 1. The van der Waals surface area contributed by atoms with Crippen molar-refractivity contribution in [1.82, 2.24) is 13.9 Å². The largest absolute Gasteiger partial charge is 0.481 e. The molecular weight excluding hydrogens is 526 g/mol. The third-order valence-electron chi connectivity index (χ3n) is 8.09. The van der Waals surface area contributed by atoms with E-state index < -0.39 is 39.6 Å². The van der Waals surface area contributed by atoms with Crippen molar-refractivity contribution in [3.63, 3.8) is 0 Å². The maximum absolute atomic E-state index is 15.0. The molecule has 3 saturated carbocycles. The van der Waals surface area contributed by atoms with Crippen molar-refractivity contribution in [2.45, 2.75) is 43.5 Å². The Morgan fingerprint density at radius 1 is 1.05 bits per heavy atom. The van der Waals surface area contributed by atoms with Crippen LogP contribution < -0.4 is 5.32 Å². The molecule has 0 aliphatic heterocycles. The highest BCUT2D eigenvalue weighted by atomic mass is 32.2. The second kappa shape index (κ2) is 9.41. The number of aromatic nitrogens is 3. The maximum Gasteiger partial charge on any atom is 0.308 e. The van der Waals surface area contributed by atoms with Crippen LogP contribution in [-0.4, -0.2) is 39.5 Å². The Bertz CT molecular complexity index is 1700. The van der Waals surface area contributed by atoms with Gasteiger partial charge in [0.05, 0.1) is 22.7 Å². The fourth-order valence-electron chi connectivity index (χ4n) is 6.13. The monoisotopic (exact) mass is 552 g/mol. The number of nitrogens with one attached hydrogen (secondary N) is 1. The van der Waals surface area contributed by atoms with Gasteiger partial charge in [0.2, 0.25) is 0 Å². The molecule has 3 aromatic heterocycles. The summed E-state index contributed by atoms with van der Waals surface area (Å²) in [5.41, 5.74) is 1.33. The lowest BCUT2D eigenvalue weighted by molar-refractivity contribution is -0.148. The van der Waals surface area contributed by atoms with E-state index in [4.69, 9.17) is 0 Å². The molecule has 3 fully saturated rings. The second-order valence-electron chi connectivity index (χ2n) is 10.4. The number of fused-ring (bicyclic) bond motifs is 4. The van der Waals surface area contributed by atoms with Crippen molar-refractivity contribution in [3.05, 3.63) is 72.1 Å². The number of rotatable bonds is 6. The summed E-state index contributed by atoms with van der Waals surface area (Å²) in [4.78, 5) is 20.6. The summed E-state index contributed by atoms with van der Waals surface area (Å²) in [6, 6.07) is 9.56. The molecule has 3 heterocycles. The number of anilines is 1. The molecule has 3 aliphatic rings. The van der Waals surface area contributed by atoms with Crippen molar-refractivity contribution < 1.29 is 27.1 Å². The molecule has 2 atom stereocenters. The Morgan fingerprint density at radius 2 is 1.74 bits per heavy atom. The number of nitrogens with zero attached hydrogens (tertiary/aromatic N) is 3. The molecule has 2 bridgehead atoms. The highest BCUT2D eigenvalue weighted by molar-refractivity contribution is 7.90. The highest BCUT2D eigenvalue weighted by Gasteiger charge is 2.47. The van der Waals surface area contributed by atoms with Crippen molar-refractivity contribution in [1.29, 1.82) is 0 Å². The quantitative estimate of drug-likeness (QED) is 0.337. The third kappa shape index (κ3) is 4.34. The van der Waals surface area contributed by atoms with Gasteiger partial charge in [0.25, 0.3) is 10.0 Å². The van der Waals surface area contributed by atoms with E-state index in [0.717, 1.165) is 47.5 Å². The van der Waals surface area contributed by atoms with E-state index in [0.29, 0.717) is 0 Å². The highest BCUT2D eigenvalue weighted by Crippen LogP contribution is 2.46. The number of hydrogen-bond acceptors (Lipinski definition) is 6. The van der Waals surface area contributed by atoms with Crippen molar-refractivity contribution in [2.24, 2.45) is 17.8 Å². The van der Waals surface area contributed by atoms with Crippen LogP contribution >= 0.6 is 0 Å². The number of aryl methyl sites for hydroxylation is 1. The summed E-state index contributed by atoms with van der Waals surface area (Å²) in [5.74, 6) is -2.91. The predicted octanol–water partition coefficient (Wildman–Crippen LogP) is 5.22. The lowest BCUT2D eigenvalue weighted by Crippen LogP contribution is -2.51. The summed E-state index contributed by atoms with van der Waals surface area (Å²) in [5, 5.41) is 13.1. The molecule has 202 valence electrons. The SMILES string of the molecule is Cc1ccc(S(=O)(=O)n2cc(-c3ccc(F)c(N[C@H]4C5CCC(CC5)[C@@H]4C(=O)O)n3)c3cc(F)cnc32)cc1. The van der Waals surface area contributed by atoms with Crippen LogP contribution in [0.3, 0.4) is 0 Å². The lowest BCUT2D eigenvalue weighted by atomic mass is 9.61. The summed E-state index contributed by atoms with van der Waals surface area (Å²) < 4.78 is 57.3. The zero-order chi connectivity index (χ0) is 27.5. The van der Waals surface area contributed by atoms with Gasteiger partial charge >= 0.3 is 5.97 Å². The van der Waals surface area contributed by atoms with Crippen LogP contribution in [0.1, 0.15) is 31.2 Å². The Labute approximate surface area is 223 Å². The number of carbonyl (C=O) groups is 1. The van der Waals surface area contributed by atoms with Gasteiger partial charge in [-0.3, -0.25) is 4.79 Å². The molecular formula is C28H26F2N4O4S. The van der Waals surface area contributed by atoms with Crippen LogP contribution in [0.2, 0.25) is 0 Å². The molecule has 3 aliphatic carbocycles. The normalized spacial score (nSPS) is 22.7. The molecule has 0 amide bonds. The summed E-state index contributed by atoms with van der Waals surface area (Å²) in [6.07, 6.45) is 5.64. The summed E-state index contributed by atoms with van der Waals surface area (Å²) >= 11 is 0. The number of aliphatic carboxylic acids is 1. The van der Waals surface area contributed by atoms with E-state index in [1.165, 1.54) is 30.5 Å². The first kappa shape index (κ1) is 25.4. The first-order chi connectivity index (χ1) is 18.6. The number of carboxylic acid groups (broad SMARTS) is 1. The standard InChI is InChI=1S/C28H26F2N4O4S/c1-15-2-8-19(9-3-15)39(37,38)34-14-21(20-12-18(29)13-31-27(20)34)23-11-10-22(30)26(32-23)33-25-17-6-4-16(5-7-17)24(25)28(35)36/h2-3,8-14,16-17,24-25H,4-7H2,1H3,(H,32,33)(H,35,36)/t16?,17?,24-,25-/m0/s1. The maximum atomic E-state index is 15.0. The smallest absolute Gasteiger partial charge is 0.308 e. The number of hydrogen-bond donors (Lipinski definition) is 2. The minimum absolute atomic E-state index is 0.00291. The van der Waals surface area contributed by atoms with E-state index in [1.807, 2.05) is 6.92 Å². The number of benzene rings is 1. The zero-order valence-electron chi connectivity index (χ0n) is 21.0. The van der Waals surface area contributed by atoms with E-state index in [9.17, 15) is 27.1 Å². The van der Waals surface area contributed by atoms with E-state index in [1.54, 1.807) is 12.1 Å². The first-order valence-corrected chi connectivity index (χ1v) is 14.2. The van der Waals surface area contributed by atoms with Gasteiger partial charge in [-0.2, -0.15) is 0 Å². The van der Waals surface area contributed by atoms with Crippen LogP contribution in [0.25, 0.3) is 22.3 Å². The predicted molar refractivity (Wildman–Crippen MR) is 141 cm³/mol. The van der Waals surface area contributed by atoms with Crippen molar-refractivity contribution in [2.75, 3.05) is 5.32 Å². The molecule has 0 saturated heterocycles. The van der Waals surface area contributed by atoms with E-state index >= 15 is 0 Å². The van der Waals surface area contributed by atoms with Crippen LogP contribution in [0, 0.1) is 36.3 Å². The van der Waals surface area contributed by atoms with Gasteiger partial charge in [0.1, 0.15) is 5.82 Å². The van der Waals surface area contributed by atoms with E-state index in [2.05, 4.69) is 15.3 Å². The molecule has 4 aromatic rings. The Balaban J connectivity index is 1.44. The van der Waals surface area contributed by atoms with Gasteiger partial charge < -0.3 is 10.4 Å². The van der Waals surface area contributed by atoms with Crippen LogP contribution in [0.15, 0.2) is 59.8 Å². The Morgan fingerprint density at radius 3 is 2.44 bits per heavy atom. The van der Waals surface area contributed by atoms with Gasteiger partial charge in [-0.25, -0.2) is 31.1 Å². The van der Waals surface area contributed by atoms with Gasteiger partial charge in [-0.1, -0.05) is 17.7 Å². The minimum Gasteiger partial charge on any atom is -0.481 e. The van der Waals surface area contributed by atoms with E-state index in [-0.39, 0.29) is 44.8 Å². The fourth-order valence-corrected chi connectivity index (χ4v) is 7.45. The van der Waals surface area contributed by atoms with Gasteiger partial charge in [0.15, 0.2) is 17.3 Å². The van der Waals surface area contributed by atoms with Gasteiger partial charge in [-0.15, -0.1) is 0 Å². The Kier molecular flexibility index (Phi) is 6.13. The molecule has 7 rings (SSSR count). The number of pyridine rings is 2. The molecule has 1 aromatic carbocycles. The molecule has 0 unspecified atom stereocenters.